The Labute approximate surface area is 109 Å². The molecule has 0 amide bonds. The molecule has 3 nitrogen and oxygen atoms in total. The van der Waals surface area contributed by atoms with E-state index in [1.165, 1.54) is 0 Å². The third-order valence-corrected chi connectivity index (χ3v) is 3.11. The standard InChI is InChI=1S/C6H3I2O3.Zn/c7-4-2(9)1-3(10)5(8)6(4)11;/h9-11H;/q-1;. The Kier molecular flexibility index (Phi) is 5.09. The zero-order valence-corrected chi connectivity index (χ0v) is 13.1. The number of halogens is 2. The largest absolute Gasteiger partial charge is 0.533 e. The molecule has 1 aromatic carbocycles. The zero-order valence-electron chi connectivity index (χ0n) is 5.80. The van der Waals surface area contributed by atoms with Crippen molar-refractivity contribution >= 4 is 45.2 Å². The summed E-state index contributed by atoms with van der Waals surface area (Å²) in [6.45, 7) is 0. The van der Waals surface area contributed by atoms with Gasteiger partial charge >= 0.3 is 0 Å². The van der Waals surface area contributed by atoms with Gasteiger partial charge in [0.25, 0.3) is 0 Å². The van der Waals surface area contributed by atoms with Crippen LogP contribution in [-0.2, 0) is 19.5 Å². The molecule has 1 rings (SSSR count). The monoisotopic (exact) mass is 441 g/mol. The van der Waals surface area contributed by atoms with Crippen LogP contribution >= 0.6 is 45.2 Å². The van der Waals surface area contributed by atoms with Gasteiger partial charge in [0.15, 0.2) is 0 Å². The van der Waals surface area contributed by atoms with Crippen LogP contribution in [0.2, 0.25) is 0 Å². The van der Waals surface area contributed by atoms with Crippen molar-refractivity contribution in [1.82, 2.24) is 0 Å². The average molecular weight is 442 g/mol. The quantitative estimate of drug-likeness (QED) is 0.327. The molecule has 0 bridgehead atoms. The van der Waals surface area contributed by atoms with E-state index in [0.29, 0.717) is 7.14 Å². The summed E-state index contributed by atoms with van der Waals surface area (Å²) >= 11 is 3.53. The topological polar surface area (TPSA) is 60.7 Å². The van der Waals surface area contributed by atoms with Crippen LogP contribution in [0.15, 0.2) is 0 Å². The molecule has 0 spiro atoms. The molecular weight excluding hydrogens is 439 g/mol. The van der Waals surface area contributed by atoms with E-state index < -0.39 is 0 Å². The molecule has 6 heteroatoms. The third-order valence-electron chi connectivity index (χ3n) is 1.07. The second kappa shape index (κ2) is 4.81. The van der Waals surface area contributed by atoms with Gasteiger partial charge in [-0.25, -0.2) is 0 Å². The van der Waals surface area contributed by atoms with Gasteiger partial charge in [-0.2, -0.15) is 0 Å². The minimum Gasteiger partial charge on any atom is -0.533 e. The first-order chi connectivity index (χ1) is 5.04. The van der Waals surface area contributed by atoms with E-state index >= 15 is 0 Å². The van der Waals surface area contributed by atoms with Crippen molar-refractivity contribution in [1.29, 1.82) is 0 Å². The van der Waals surface area contributed by atoms with Crippen molar-refractivity contribution < 1.29 is 34.8 Å². The summed E-state index contributed by atoms with van der Waals surface area (Å²) in [6, 6.07) is 2.28. The minimum atomic E-state index is -0.235. The van der Waals surface area contributed by atoms with Crippen molar-refractivity contribution in [2.75, 3.05) is 0 Å². The Hall–Kier alpha value is 0.703. The van der Waals surface area contributed by atoms with Gasteiger partial charge in [0.05, 0.1) is 0 Å². The number of aromatic hydroxyl groups is 3. The number of phenols is 3. The van der Waals surface area contributed by atoms with E-state index in [1.807, 2.05) is 0 Å². The molecule has 0 fully saturated rings. The molecule has 12 heavy (non-hydrogen) atoms. The van der Waals surface area contributed by atoms with Gasteiger partial charge in [0, 0.05) is 36.7 Å². The second-order valence-electron chi connectivity index (χ2n) is 1.80. The molecule has 0 heterocycles. The minimum absolute atomic E-state index is 0. The van der Waals surface area contributed by atoms with Gasteiger partial charge in [0.2, 0.25) is 0 Å². The summed E-state index contributed by atoms with van der Waals surface area (Å²) in [5.41, 5.74) is 0. The zero-order chi connectivity index (χ0) is 8.59. The van der Waals surface area contributed by atoms with Gasteiger partial charge in [-0.1, -0.05) is 6.07 Å². The Balaban J connectivity index is 0.00000121. The first kappa shape index (κ1) is 12.7. The van der Waals surface area contributed by atoms with Crippen molar-refractivity contribution in [2.45, 2.75) is 0 Å². The van der Waals surface area contributed by atoms with Crippen LogP contribution in [-0.4, -0.2) is 15.3 Å². The summed E-state index contributed by atoms with van der Waals surface area (Å²) in [7, 11) is 0. The molecule has 62 valence electrons. The molecule has 0 atom stereocenters. The van der Waals surface area contributed by atoms with Crippen LogP contribution in [0.4, 0.5) is 0 Å². The van der Waals surface area contributed by atoms with Gasteiger partial charge < -0.3 is 15.3 Å². The fourth-order valence-corrected chi connectivity index (χ4v) is 1.87. The molecule has 0 saturated heterocycles. The average Bonchev–Trinajstić information content (AvgIpc) is 1.97. The summed E-state index contributed by atoms with van der Waals surface area (Å²) in [4.78, 5) is 0. The summed E-state index contributed by atoms with van der Waals surface area (Å²) in [6.07, 6.45) is 0. The smallest absolute Gasteiger partial charge is 0.0412 e. The molecule has 1 aromatic rings. The molecule has 0 aliphatic heterocycles. The normalized spacial score (nSPS) is 9.17. The van der Waals surface area contributed by atoms with E-state index in [-0.39, 0.29) is 36.7 Å². The predicted molar refractivity (Wildman–Crippen MR) is 55.7 cm³/mol. The van der Waals surface area contributed by atoms with Crippen molar-refractivity contribution in [3.05, 3.63) is 13.2 Å². The maximum absolute atomic E-state index is 9.21. The van der Waals surface area contributed by atoms with Crippen LogP contribution < -0.4 is 0 Å². The van der Waals surface area contributed by atoms with E-state index in [4.69, 9.17) is 10.2 Å². The van der Waals surface area contributed by atoms with Crippen LogP contribution in [0.1, 0.15) is 0 Å². The number of hydrogen-bond donors (Lipinski definition) is 3. The van der Waals surface area contributed by atoms with Crippen molar-refractivity contribution in [3.63, 3.8) is 0 Å². The molecule has 0 radical (unpaired) electrons. The molecule has 0 saturated carbocycles. The second-order valence-corrected chi connectivity index (χ2v) is 3.96. The van der Waals surface area contributed by atoms with Gasteiger partial charge in [-0.15, -0.1) is 45.2 Å². The predicted octanol–water partition coefficient (Wildman–Crippen LogP) is 1.81. The van der Waals surface area contributed by atoms with Crippen LogP contribution in [0.3, 0.4) is 0 Å². The Morgan fingerprint density at radius 1 is 0.917 bits per heavy atom. The number of rotatable bonds is 0. The van der Waals surface area contributed by atoms with Gasteiger partial charge in [-0.3, -0.25) is 0 Å². The molecule has 3 N–H and O–H groups in total. The van der Waals surface area contributed by atoms with E-state index in [9.17, 15) is 5.11 Å². The molecular formula is C6H3I2O3Zn-. The van der Waals surface area contributed by atoms with Crippen molar-refractivity contribution in [3.8, 4) is 17.2 Å². The Morgan fingerprint density at radius 3 is 1.58 bits per heavy atom. The summed E-state index contributed by atoms with van der Waals surface area (Å²) in [5.74, 6) is -0.581. The summed E-state index contributed by atoms with van der Waals surface area (Å²) in [5, 5.41) is 27.3. The van der Waals surface area contributed by atoms with Gasteiger partial charge in [0.1, 0.15) is 0 Å². The maximum Gasteiger partial charge on any atom is 0.0412 e. The fourth-order valence-electron chi connectivity index (χ4n) is 0.543. The van der Waals surface area contributed by atoms with Crippen LogP contribution in [0, 0.1) is 13.2 Å². The molecule has 0 aliphatic rings. The number of phenolic OH excluding ortho intramolecular Hbond substituents is 3. The molecule has 0 aliphatic carbocycles. The number of benzene rings is 1. The molecule has 0 unspecified atom stereocenters. The van der Waals surface area contributed by atoms with Crippen LogP contribution in [0.5, 0.6) is 17.2 Å². The number of hydrogen-bond acceptors (Lipinski definition) is 3. The maximum atomic E-state index is 9.21. The third kappa shape index (κ3) is 2.35. The Morgan fingerprint density at radius 2 is 1.25 bits per heavy atom. The van der Waals surface area contributed by atoms with E-state index in [2.05, 4.69) is 6.07 Å². The first-order valence-corrected chi connectivity index (χ1v) is 4.71. The van der Waals surface area contributed by atoms with Crippen LogP contribution in [0.25, 0.3) is 0 Å². The SMILES string of the molecule is Oc1[c-]c(O)c(I)c(O)c1I.[Zn]. The fraction of sp³-hybridized carbons (Fsp3) is 0. The summed E-state index contributed by atoms with van der Waals surface area (Å²) < 4.78 is 0.592. The van der Waals surface area contributed by atoms with Gasteiger partial charge in [-0.05, 0) is 7.14 Å². The molecule has 0 aromatic heterocycles. The Bertz CT molecular complexity index is 277. The first-order valence-electron chi connectivity index (χ1n) is 2.55. The van der Waals surface area contributed by atoms with E-state index in [1.54, 1.807) is 45.2 Å². The van der Waals surface area contributed by atoms with Crippen molar-refractivity contribution in [2.24, 2.45) is 0 Å². The van der Waals surface area contributed by atoms with E-state index in [0.717, 1.165) is 0 Å².